The highest BCUT2D eigenvalue weighted by molar-refractivity contribution is 5.89. The van der Waals surface area contributed by atoms with Crippen LogP contribution in [0.3, 0.4) is 0 Å². The standard InChI is InChI=1S/C38H60N2O13/c1-20-16-25(35(46)40-15-14-39)18-26(32(20)53-37-31(45)30(44)28(42)22(3)49-37)50-38-34(52-36(47)24-12-8-5-9-13-24)33(29(43)27(19-41)51-38)48-21(2)17-23-10-6-4-7-11-23/h5,8-9,12-13,20-23,25-34,37-38,41-45H,4,6-7,10-11,14-19,39H2,1-3H3,(H,40,46)/t20?,21-,22?,25?,26?,27?,28?,29?,30?,31?,32?,33?,34?,37?,38?/m1/s1. The van der Waals surface area contributed by atoms with Crippen molar-refractivity contribution in [3.8, 4) is 0 Å². The summed E-state index contributed by atoms with van der Waals surface area (Å²) < 4.78 is 37.5. The predicted molar refractivity (Wildman–Crippen MR) is 189 cm³/mol. The smallest absolute Gasteiger partial charge is 0.338 e. The maximum Gasteiger partial charge on any atom is 0.338 e. The summed E-state index contributed by atoms with van der Waals surface area (Å²) in [6.45, 7) is 5.23. The number of nitrogens with one attached hydrogen (secondary N) is 1. The Morgan fingerprint density at radius 2 is 1.60 bits per heavy atom. The van der Waals surface area contributed by atoms with Crippen molar-refractivity contribution in [1.29, 1.82) is 0 Å². The molecule has 0 bridgehead atoms. The summed E-state index contributed by atoms with van der Waals surface area (Å²) in [7, 11) is 0. The molecule has 8 N–H and O–H groups in total. The number of hydrogen-bond donors (Lipinski definition) is 7. The number of esters is 1. The molecule has 0 radical (unpaired) electrons. The fourth-order valence-electron chi connectivity index (χ4n) is 8.24. The van der Waals surface area contributed by atoms with Crippen molar-refractivity contribution < 1.29 is 63.5 Å². The van der Waals surface area contributed by atoms with Gasteiger partial charge in [-0.15, -0.1) is 0 Å². The fourth-order valence-corrected chi connectivity index (χ4v) is 8.24. The minimum atomic E-state index is -1.59. The molecule has 1 aromatic rings. The highest BCUT2D eigenvalue weighted by atomic mass is 16.7. The van der Waals surface area contributed by atoms with E-state index in [-0.39, 0.29) is 43.0 Å². The van der Waals surface area contributed by atoms with Gasteiger partial charge in [0.1, 0.15) is 36.6 Å². The van der Waals surface area contributed by atoms with E-state index in [9.17, 15) is 35.1 Å². The summed E-state index contributed by atoms with van der Waals surface area (Å²) in [5.41, 5.74) is 5.90. The van der Waals surface area contributed by atoms with Gasteiger partial charge in [-0.1, -0.05) is 57.2 Å². The summed E-state index contributed by atoms with van der Waals surface area (Å²) in [6, 6.07) is 8.33. The van der Waals surface area contributed by atoms with Crippen LogP contribution in [-0.4, -0.2) is 137 Å². The third-order valence-electron chi connectivity index (χ3n) is 11.2. The third kappa shape index (κ3) is 10.5. The lowest BCUT2D eigenvalue weighted by molar-refractivity contribution is -0.349. The molecule has 14 unspecified atom stereocenters. The van der Waals surface area contributed by atoms with Crippen molar-refractivity contribution in [2.45, 2.75) is 152 Å². The molecule has 2 aliphatic heterocycles. The van der Waals surface area contributed by atoms with Crippen molar-refractivity contribution >= 4 is 11.9 Å². The van der Waals surface area contributed by atoms with Crippen LogP contribution in [0.2, 0.25) is 0 Å². The SMILES string of the molecule is CC1CC(C(=O)NCCN)CC(OC2OC(CO)C(O)C(O[C@H](C)CC3CCCCC3)C2OC(=O)c2ccccc2)C1OC1OC(C)C(O)C(O)C1O. The van der Waals surface area contributed by atoms with Crippen LogP contribution < -0.4 is 11.1 Å². The third-order valence-corrected chi connectivity index (χ3v) is 11.2. The number of ether oxygens (including phenoxy) is 6. The van der Waals surface area contributed by atoms with Crippen molar-refractivity contribution in [2.75, 3.05) is 19.7 Å². The van der Waals surface area contributed by atoms with E-state index in [1.54, 1.807) is 37.3 Å². The molecule has 15 heteroatoms. The van der Waals surface area contributed by atoms with Crippen molar-refractivity contribution in [3.05, 3.63) is 35.9 Å². The molecule has 0 spiro atoms. The lowest BCUT2D eigenvalue weighted by Crippen LogP contribution is -2.64. The first kappa shape index (κ1) is 41.9. The van der Waals surface area contributed by atoms with Gasteiger partial charge in [0.15, 0.2) is 18.7 Å². The highest BCUT2D eigenvalue weighted by Gasteiger charge is 2.53. The first-order valence-corrected chi connectivity index (χ1v) is 19.3. The molecule has 2 aliphatic carbocycles. The number of carbonyl (C=O) groups is 2. The maximum atomic E-state index is 13.6. The Morgan fingerprint density at radius 3 is 2.28 bits per heavy atom. The number of rotatable bonds is 14. The molecule has 0 aromatic heterocycles. The van der Waals surface area contributed by atoms with Gasteiger partial charge in [-0.05, 0) is 57.1 Å². The molecule has 2 saturated carbocycles. The van der Waals surface area contributed by atoms with Crippen LogP contribution in [0, 0.1) is 17.8 Å². The monoisotopic (exact) mass is 752 g/mol. The molecule has 300 valence electrons. The molecule has 2 saturated heterocycles. The van der Waals surface area contributed by atoms with Crippen LogP contribution in [0.4, 0.5) is 0 Å². The summed E-state index contributed by atoms with van der Waals surface area (Å²) in [5, 5.41) is 56.4. The van der Waals surface area contributed by atoms with Gasteiger partial charge >= 0.3 is 5.97 Å². The molecule has 5 rings (SSSR count). The van der Waals surface area contributed by atoms with E-state index in [0.717, 1.165) is 32.1 Å². The predicted octanol–water partition coefficient (Wildman–Crippen LogP) is 0.753. The van der Waals surface area contributed by atoms with Crippen LogP contribution in [0.1, 0.15) is 82.5 Å². The Morgan fingerprint density at radius 1 is 0.887 bits per heavy atom. The van der Waals surface area contributed by atoms with Crippen LogP contribution >= 0.6 is 0 Å². The molecule has 1 amide bonds. The number of aliphatic hydroxyl groups excluding tert-OH is 5. The number of benzene rings is 1. The average Bonchev–Trinajstić information content (AvgIpc) is 3.15. The Labute approximate surface area is 311 Å². The molecule has 15 nitrogen and oxygen atoms in total. The lowest BCUT2D eigenvalue weighted by Gasteiger charge is -2.48. The number of aliphatic hydroxyl groups is 5. The van der Waals surface area contributed by atoms with Crippen LogP contribution in [-0.2, 0) is 33.2 Å². The van der Waals surface area contributed by atoms with Crippen molar-refractivity contribution in [3.63, 3.8) is 0 Å². The summed E-state index contributed by atoms with van der Waals surface area (Å²) >= 11 is 0. The topological polar surface area (TPSA) is 229 Å². The highest BCUT2D eigenvalue weighted by Crippen LogP contribution is 2.39. The molecule has 15 atom stereocenters. The Balaban J connectivity index is 1.45. The van der Waals surface area contributed by atoms with Crippen molar-refractivity contribution in [1.82, 2.24) is 5.32 Å². The molecular formula is C38H60N2O13. The first-order chi connectivity index (χ1) is 25.4. The zero-order valence-electron chi connectivity index (χ0n) is 31.0. The maximum absolute atomic E-state index is 13.6. The second kappa shape index (κ2) is 19.5. The van der Waals surface area contributed by atoms with Gasteiger partial charge < -0.3 is 65.0 Å². The van der Waals surface area contributed by atoms with E-state index in [0.29, 0.717) is 12.3 Å². The molecule has 2 heterocycles. The van der Waals surface area contributed by atoms with Crippen LogP contribution in [0.15, 0.2) is 30.3 Å². The van der Waals surface area contributed by atoms with Crippen molar-refractivity contribution in [2.24, 2.45) is 23.5 Å². The zero-order valence-corrected chi connectivity index (χ0v) is 31.0. The second-order valence-corrected chi connectivity index (χ2v) is 15.3. The van der Waals surface area contributed by atoms with E-state index in [1.165, 1.54) is 6.42 Å². The van der Waals surface area contributed by atoms with E-state index < -0.39 is 92.1 Å². The minimum absolute atomic E-state index is 0.101. The number of nitrogens with two attached hydrogens (primary N) is 1. The quantitative estimate of drug-likeness (QED) is 0.130. The van der Waals surface area contributed by atoms with E-state index >= 15 is 0 Å². The number of amides is 1. The minimum Gasteiger partial charge on any atom is -0.450 e. The van der Waals surface area contributed by atoms with Gasteiger partial charge in [0.2, 0.25) is 5.91 Å². The van der Waals surface area contributed by atoms with Gasteiger partial charge in [-0.25, -0.2) is 4.79 Å². The molecule has 53 heavy (non-hydrogen) atoms. The van der Waals surface area contributed by atoms with Crippen LogP contribution in [0.25, 0.3) is 0 Å². The number of hydrogen-bond acceptors (Lipinski definition) is 14. The molecule has 4 aliphatic rings. The number of carbonyl (C=O) groups excluding carboxylic acids is 2. The van der Waals surface area contributed by atoms with Gasteiger partial charge in [0.25, 0.3) is 0 Å². The molecule has 4 fully saturated rings. The fraction of sp³-hybridized carbons (Fsp3) is 0.789. The summed E-state index contributed by atoms with van der Waals surface area (Å²) in [5.74, 6) is -1.44. The van der Waals surface area contributed by atoms with E-state index in [4.69, 9.17) is 34.2 Å². The normalized spacial score (nSPS) is 38.9. The summed E-state index contributed by atoms with van der Waals surface area (Å²) in [6.07, 6.45) is -8.48. The zero-order chi connectivity index (χ0) is 38.2. The Kier molecular flexibility index (Phi) is 15.4. The largest absolute Gasteiger partial charge is 0.450 e. The Hall–Kier alpha value is -2.28. The molecule has 1 aromatic carbocycles. The first-order valence-electron chi connectivity index (χ1n) is 19.3. The average molecular weight is 753 g/mol. The summed E-state index contributed by atoms with van der Waals surface area (Å²) in [4.78, 5) is 26.9. The second-order valence-electron chi connectivity index (χ2n) is 15.3. The van der Waals surface area contributed by atoms with Gasteiger partial charge in [-0.2, -0.15) is 0 Å². The van der Waals surface area contributed by atoms with Gasteiger partial charge in [0, 0.05) is 19.0 Å². The van der Waals surface area contributed by atoms with Gasteiger partial charge in [0.05, 0.1) is 36.6 Å². The molecular weight excluding hydrogens is 692 g/mol. The Bertz CT molecular complexity index is 1290. The lowest BCUT2D eigenvalue weighted by atomic mass is 9.77. The van der Waals surface area contributed by atoms with Crippen LogP contribution in [0.5, 0.6) is 0 Å². The van der Waals surface area contributed by atoms with E-state index in [1.807, 2.05) is 13.8 Å². The van der Waals surface area contributed by atoms with E-state index in [2.05, 4.69) is 5.32 Å². The van der Waals surface area contributed by atoms with Gasteiger partial charge in [-0.3, -0.25) is 4.79 Å².